The zero-order chi connectivity index (χ0) is 13.2. The Labute approximate surface area is 110 Å². The zero-order valence-corrected chi connectivity index (χ0v) is 12.0. The Morgan fingerprint density at radius 3 is 2.83 bits per heavy atom. The van der Waals surface area contributed by atoms with E-state index in [9.17, 15) is 0 Å². The molecule has 2 heterocycles. The van der Waals surface area contributed by atoms with Gasteiger partial charge in [0.1, 0.15) is 0 Å². The lowest BCUT2D eigenvalue weighted by molar-refractivity contribution is -0.0325. The highest BCUT2D eigenvalue weighted by Crippen LogP contribution is 2.24. The van der Waals surface area contributed by atoms with Crippen molar-refractivity contribution in [2.24, 2.45) is 12.5 Å². The number of rotatable bonds is 3. The lowest BCUT2D eigenvalue weighted by atomic mass is 9.92. The van der Waals surface area contributed by atoms with Crippen molar-refractivity contribution < 1.29 is 4.74 Å². The minimum absolute atomic E-state index is 0.187. The van der Waals surface area contributed by atoms with Gasteiger partial charge in [-0.2, -0.15) is 5.10 Å². The number of hydrogen-bond acceptors (Lipinski definition) is 3. The Kier molecular flexibility index (Phi) is 4.07. The van der Waals surface area contributed by atoms with Crippen molar-refractivity contribution in [2.45, 2.75) is 33.3 Å². The van der Waals surface area contributed by atoms with Crippen molar-refractivity contribution in [2.75, 3.05) is 26.2 Å². The quantitative estimate of drug-likeness (QED) is 0.825. The van der Waals surface area contributed by atoms with Crippen LogP contribution in [0.3, 0.4) is 0 Å². The van der Waals surface area contributed by atoms with Crippen LogP contribution in [0.2, 0.25) is 0 Å². The molecule has 0 aromatic carbocycles. The van der Waals surface area contributed by atoms with Crippen LogP contribution in [0.1, 0.15) is 38.9 Å². The minimum Gasteiger partial charge on any atom is -0.371 e. The molecular formula is C14H25N3O. The van der Waals surface area contributed by atoms with Crippen molar-refractivity contribution in [3.8, 4) is 0 Å². The first-order valence-corrected chi connectivity index (χ1v) is 6.76. The van der Waals surface area contributed by atoms with Crippen LogP contribution in [-0.2, 0) is 11.8 Å². The highest BCUT2D eigenvalue weighted by Gasteiger charge is 2.23. The summed E-state index contributed by atoms with van der Waals surface area (Å²) < 4.78 is 7.68. The highest BCUT2D eigenvalue weighted by molar-refractivity contribution is 5.09. The van der Waals surface area contributed by atoms with Crippen LogP contribution in [0, 0.1) is 5.41 Å². The molecule has 0 bridgehead atoms. The molecule has 0 N–H and O–H groups in total. The predicted octanol–water partition coefficient (Wildman–Crippen LogP) is 2.23. The molecule has 4 heteroatoms. The molecule has 0 aliphatic carbocycles. The maximum absolute atomic E-state index is 5.84. The van der Waals surface area contributed by atoms with Gasteiger partial charge in [0.2, 0.25) is 0 Å². The molecule has 2 rings (SSSR count). The second-order valence-electron chi connectivity index (χ2n) is 6.42. The lowest BCUT2D eigenvalue weighted by Crippen LogP contribution is -2.39. The first kappa shape index (κ1) is 13.6. The van der Waals surface area contributed by atoms with Gasteiger partial charge in [-0.05, 0) is 18.4 Å². The van der Waals surface area contributed by atoms with Crippen LogP contribution in [-0.4, -0.2) is 40.9 Å². The Balaban J connectivity index is 1.88. The molecule has 4 nitrogen and oxygen atoms in total. The monoisotopic (exact) mass is 251 g/mol. The number of aromatic nitrogens is 2. The Hall–Kier alpha value is -0.870. The summed E-state index contributed by atoms with van der Waals surface area (Å²) in [7, 11) is 1.95. The van der Waals surface area contributed by atoms with Crippen LogP contribution < -0.4 is 0 Å². The van der Waals surface area contributed by atoms with Crippen molar-refractivity contribution in [1.29, 1.82) is 0 Å². The van der Waals surface area contributed by atoms with E-state index in [2.05, 4.69) is 37.0 Å². The third kappa shape index (κ3) is 3.82. The number of aryl methyl sites for hydroxylation is 1. The number of ether oxygens (including phenoxy) is 1. The Morgan fingerprint density at radius 1 is 1.44 bits per heavy atom. The molecule has 0 radical (unpaired) electrons. The molecular weight excluding hydrogens is 226 g/mol. The average molecular weight is 251 g/mol. The van der Waals surface area contributed by atoms with Gasteiger partial charge in [-0.25, -0.2) is 0 Å². The van der Waals surface area contributed by atoms with Crippen molar-refractivity contribution >= 4 is 0 Å². The second-order valence-corrected chi connectivity index (χ2v) is 6.42. The van der Waals surface area contributed by atoms with Gasteiger partial charge < -0.3 is 4.74 Å². The van der Waals surface area contributed by atoms with Gasteiger partial charge in [0.25, 0.3) is 0 Å². The number of morpholine rings is 1. The molecule has 1 aromatic heterocycles. The average Bonchev–Trinajstić information content (AvgIpc) is 2.73. The van der Waals surface area contributed by atoms with Crippen LogP contribution in [0.5, 0.6) is 0 Å². The normalized spacial score (nSPS) is 22.3. The number of nitrogens with zero attached hydrogens (tertiary/aromatic N) is 3. The topological polar surface area (TPSA) is 30.3 Å². The maximum Gasteiger partial charge on any atom is 0.0982 e. The molecule has 0 amide bonds. The zero-order valence-electron chi connectivity index (χ0n) is 12.0. The van der Waals surface area contributed by atoms with E-state index in [0.717, 1.165) is 26.2 Å². The first-order chi connectivity index (χ1) is 8.44. The molecule has 0 unspecified atom stereocenters. The van der Waals surface area contributed by atoms with Crippen LogP contribution in [0.25, 0.3) is 0 Å². The van der Waals surface area contributed by atoms with Crippen molar-refractivity contribution in [3.63, 3.8) is 0 Å². The minimum atomic E-state index is 0.187. The van der Waals surface area contributed by atoms with E-state index in [1.165, 1.54) is 12.0 Å². The summed E-state index contributed by atoms with van der Waals surface area (Å²) >= 11 is 0. The first-order valence-electron chi connectivity index (χ1n) is 6.76. The summed E-state index contributed by atoms with van der Waals surface area (Å²) in [5, 5.41) is 4.22. The van der Waals surface area contributed by atoms with E-state index in [1.54, 1.807) is 0 Å². The summed E-state index contributed by atoms with van der Waals surface area (Å²) in [6.07, 6.45) is 5.38. The molecule has 0 spiro atoms. The maximum atomic E-state index is 5.84. The van der Waals surface area contributed by atoms with Gasteiger partial charge in [0.05, 0.1) is 18.9 Å². The van der Waals surface area contributed by atoms with Gasteiger partial charge in [-0.15, -0.1) is 0 Å². The van der Waals surface area contributed by atoms with Crippen molar-refractivity contribution in [1.82, 2.24) is 14.7 Å². The van der Waals surface area contributed by atoms with Crippen LogP contribution >= 0.6 is 0 Å². The summed E-state index contributed by atoms with van der Waals surface area (Å²) in [6.45, 7) is 10.9. The summed E-state index contributed by atoms with van der Waals surface area (Å²) in [5.74, 6) is 0. The van der Waals surface area contributed by atoms with Crippen LogP contribution in [0.15, 0.2) is 12.4 Å². The molecule has 18 heavy (non-hydrogen) atoms. The SMILES string of the molecule is Cn1cc([C@@H]2CN(CCC(C)(C)C)CCO2)cn1. The van der Waals surface area contributed by atoms with Gasteiger partial charge in [-0.3, -0.25) is 9.58 Å². The second kappa shape index (κ2) is 5.41. The third-order valence-corrected chi connectivity index (χ3v) is 3.43. The molecule has 1 atom stereocenters. The van der Waals surface area contributed by atoms with Gasteiger partial charge >= 0.3 is 0 Å². The molecule has 1 aliphatic rings. The van der Waals surface area contributed by atoms with Crippen molar-refractivity contribution in [3.05, 3.63) is 18.0 Å². The number of hydrogen-bond donors (Lipinski definition) is 0. The Morgan fingerprint density at radius 2 is 2.22 bits per heavy atom. The van der Waals surface area contributed by atoms with Gasteiger partial charge in [0, 0.05) is 31.9 Å². The molecule has 1 saturated heterocycles. The molecule has 0 saturated carbocycles. The standard InChI is InChI=1S/C14H25N3O/c1-14(2,3)5-6-17-7-8-18-13(11-17)12-9-15-16(4)10-12/h9-10,13H,5-8,11H2,1-4H3/t13-/m0/s1. The van der Waals surface area contributed by atoms with E-state index in [4.69, 9.17) is 4.74 Å². The Bertz CT molecular complexity index is 381. The predicted molar refractivity (Wildman–Crippen MR) is 72.4 cm³/mol. The molecule has 1 aromatic rings. The van der Waals surface area contributed by atoms with Gasteiger partial charge in [0.15, 0.2) is 0 Å². The molecule has 102 valence electrons. The third-order valence-electron chi connectivity index (χ3n) is 3.43. The summed E-state index contributed by atoms with van der Waals surface area (Å²) in [6, 6.07) is 0. The van der Waals surface area contributed by atoms with Crippen LogP contribution in [0.4, 0.5) is 0 Å². The summed E-state index contributed by atoms with van der Waals surface area (Å²) in [5.41, 5.74) is 1.60. The molecule has 1 fully saturated rings. The highest BCUT2D eigenvalue weighted by atomic mass is 16.5. The van der Waals surface area contributed by atoms with E-state index in [0.29, 0.717) is 5.41 Å². The molecule has 1 aliphatic heterocycles. The largest absolute Gasteiger partial charge is 0.371 e. The fourth-order valence-corrected chi connectivity index (χ4v) is 2.21. The fourth-order valence-electron chi connectivity index (χ4n) is 2.21. The van der Waals surface area contributed by atoms with E-state index in [1.807, 2.05) is 17.9 Å². The summed E-state index contributed by atoms with van der Waals surface area (Å²) in [4.78, 5) is 2.51. The van der Waals surface area contributed by atoms with Gasteiger partial charge in [-0.1, -0.05) is 20.8 Å². The fraction of sp³-hybridized carbons (Fsp3) is 0.786. The van der Waals surface area contributed by atoms with E-state index in [-0.39, 0.29) is 6.10 Å². The van der Waals surface area contributed by atoms with E-state index < -0.39 is 0 Å². The van der Waals surface area contributed by atoms with E-state index >= 15 is 0 Å². The smallest absolute Gasteiger partial charge is 0.0982 e. The lowest BCUT2D eigenvalue weighted by Gasteiger charge is -2.34.